The highest BCUT2D eigenvalue weighted by Gasteiger charge is 2.10. The molecule has 0 aliphatic rings. The number of amidine groups is 1. The maximum Gasteiger partial charge on any atom is 0.225 e. The minimum absolute atomic E-state index is 0.0155. The van der Waals surface area contributed by atoms with E-state index >= 15 is 0 Å². The molecule has 6 heteroatoms. The molecule has 1 aromatic carbocycles. The van der Waals surface area contributed by atoms with Gasteiger partial charge < -0.3 is 15.8 Å². The lowest BCUT2D eigenvalue weighted by Crippen LogP contribution is -2.25. The lowest BCUT2D eigenvalue weighted by atomic mass is 10.1. The van der Waals surface area contributed by atoms with Gasteiger partial charge in [0.1, 0.15) is 5.69 Å². The molecule has 0 amide bonds. The van der Waals surface area contributed by atoms with Crippen LogP contribution >= 0.6 is 0 Å². The average Bonchev–Trinajstić information content (AvgIpc) is 2.52. The first-order chi connectivity index (χ1) is 10.1. The fourth-order valence-electron chi connectivity index (χ4n) is 1.95. The van der Waals surface area contributed by atoms with Crippen LogP contribution in [0.15, 0.2) is 41.6 Å². The van der Waals surface area contributed by atoms with Gasteiger partial charge in [0.2, 0.25) is 5.95 Å². The molecule has 21 heavy (non-hydrogen) atoms. The molecule has 0 unspecified atom stereocenters. The van der Waals surface area contributed by atoms with E-state index in [2.05, 4.69) is 27.3 Å². The van der Waals surface area contributed by atoms with Crippen molar-refractivity contribution in [3.05, 3.63) is 53.3 Å². The Morgan fingerprint density at radius 3 is 2.67 bits per heavy atom. The van der Waals surface area contributed by atoms with Crippen LogP contribution in [0.25, 0.3) is 0 Å². The zero-order valence-corrected chi connectivity index (χ0v) is 12.2. The predicted molar refractivity (Wildman–Crippen MR) is 82.7 cm³/mol. The number of hydrogen-bond acceptors (Lipinski definition) is 5. The van der Waals surface area contributed by atoms with E-state index in [9.17, 15) is 0 Å². The van der Waals surface area contributed by atoms with E-state index in [1.807, 2.05) is 37.1 Å². The summed E-state index contributed by atoms with van der Waals surface area (Å²) in [6.45, 7) is 2.63. The van der Waals surface area contributed by atoms with Crippen LogP contribution in [0.4, 0.5) is 5.95 Å². The van der Waals surface area contributed by atoms with Gasteiger partial charge in [-0.05, 0) is 25.0 Å². The largest absolute Gasteiger partial charge is 0.409 e. The zero-order valence-electron chi connectivity index (χ0n) is 12.2. The highest BCUT2D eigenvalue weighted by atomic mass is 16.4. The Kier molecular flexibility index (Phi) is 4.71. The standard InChI is InChI=1S/C15H19N5O/c1-11-10-13(14(16)19-21)18-15(17-11)20(2)9-8-12-6-4-3-5-7-12/h3-7,10,21H,8-9H2,1-2H3,(H2,16,19). The third-order valence-electron chi connectivity index (χ3n) is 3.13. The highest BCUT2D eigenvalue weighted by molar-refractivity contribution is 5.95. The molecule has 0 aliphatic heterocycles. The summed E-state index contributed by atoms with van der Waals surface area (Å²) in [6.07, 6.45) is 0.896. The summed E-state index contributed by atoms with van der Waals surface area (Å²) in [5.74, 6) is 0.547. The van der Waals surface area contributed by atoms with Crippen molar-refractivity contribution in [2.45, 2.75) is 13.3 Å². The van der Waals surface area contributed by atoms with Gasteiger partial charge in [-0.15, -0.1) is 0 Å². The predicted octanol–water partition coefficient (Wildman–Crippen LogP) is 1.56. The first-order valence-corrected chi connectivity index (χ1v) is 6.69. The number of nitrogens with zero attached hydrogens (tertiary/aromatic N) is 4. The van der Waals surface area contributed by atoms with Crippen LogP contribution in [-0.4, -0.2) is 34.6 Å². The summed E-state index contributed by atoms with van der Waals surface area (Å²) in [7, 11) is 1.92. The van der Waals surface area contributed by atoms with E-state index in [0.29, 0.717) is 11.6 Å². The maximum absolute atomic E-state index is 8.75. The quantitative estimate of drug-likeness (QED) is 0.377. The normalized spacial score (nSPS) is 11.4. The monoisotopic (exact) mass is 285 g/mol. The molecule has 2 rings (SSSR count). The summed E-state index contributed by atoms with van der Waals surface area (Å²) in [4.78, 5) is 10.7. The molecule has 0 saturated carbocycles. The molecule has 1 heterocycles. The number of hydrogen-bond donors (Lipinski definition) is 2. The molecule has 0 radical (unpaired) electrons. The molecule has 0 bridgehead atoms. The second-order valence-electron chi connectivity index (χ2n) is 4.84. The Morgan fingerprint density at radius 1 is 1.29 bits per heavy atom. The number of anilines is 1. The average molecular weight is 285 g/mol. The third-order valence-corrected chi connectivity index (χ3v) is 3.13. The molecule has 6 nitrogen and oxygen atoms in total. The summed E-state index contributed by atoms with van der Waals surface area (Å²) in [6, 6.07) is 11.9. The Balaban J connectivity index is 2.12. The molecule has 0 spiro atoms. The molecule has 2 aromatic rings. The van der Waals surface area contributed by atoms with Crippen molar-refractivity contribution >= 4 is 11.8 Å². The summed E-state index contributed by atoms with van der Waals surface area (Å²) in [5.41, 5.74) is 8.04. The molecule has 0 atom stereocenters. The Labute approximate surface area is 123 Å². The van der Waals surface area contributed by atoms with Gasteiger partial charge in [0.05, 0.1) is 0 Å². The summed E-state index contributed by atoms with van der Waals surface area (Å²) < 4.78 is 0. The smallest absolute Gasteiger partial charge is 0.225 e. The molecular formula is C15H19N5O. The second-order valence-corrected chi connectivity index (χ2v) is 4.84. The van der Waals surface area contributed by atoms with Crippen LogP contribution in [0.5, 0.6) is 0 Å². The van der Waals surface area contributed by atoms with Crippen molar-refractivity contribution in [2.24, 2.45) is 10.9 Å². The van der Waals surface area contributed by atoms with Crippen LogP contribution in [0.3, 0.4) is 0 Å². The van der Waals surface area contributed by atoms with E-state index in [-0.39, 0.29) is 5.84 Å². The van der Waals surface area contributed by atoms with Gasteiger partial charge in [0, 0.05) is 19.3 Å². The van der Waals surface area contributed by atoms with E-state index < -0.39 is 0 Å². The first kappa shape index (κ1) is 14.8. The van der Waals surface area contributed by atoms with Crippen molar-refractivity contribution < 1.29 is 5.21 Å². The van der Waals surface area contributed by atoms with Crippen LogP contribution in [0.2, 0.25) is 0 Å². The molecular weight excluding hydrogens is 266 g/mol. The number of aromatic nitrogens is 2. The van der Waals surface area contributed by atoms with Gasteiger partial charge in [0.15, 0.2) is 5.84 Å². The van der Waals surface area contributed by atoms with Crippen molar-refractivity contribution in [1.82, 2.24) is 9.97 Å². The fraction of sp³-hybridized carbons (Fsp3) is 0.267. The van der Waals surface area contributed by atoms with Crippen LogP contribution in [0.1, 0.15) is 17.0 Å². The highest BCUT2D eigenvalue weighted by Crippen LogP contribution is 2.10. The maximum atomic E-state index is 8.75. The van der Waals surface area contributed by atoms with Gasteiger partial charge in [-0.3, -0.25) is 0 Å². The van der Waals surface area contributed by atoms with Gasteiger partial charge >= 0.3 is 0 Å². The van der Waals surface area contributed by atoms with Crippen molar-refractivity contribution in [1.29, 1.82) is 0 Å². The number of benzene rings is 1. The van der Waals surface area contributed by atoms with Crippen molar-refractivity contribution in [3.8, 4) is 0 Å². The first-order valence-electron chi connectivity index (χ1n) is 6.69. The number of oxime groups is 1. The van der Waals surface area contributed by atoms with Gasteiger partial charge in [-0.2, -0.15) is 0 Å². The van der Waals surface area contributed by atoms with E-state index in [1.54, 1.807) is 6.07 Å². The van der Waals surface area contributed by atoms with E-state index in [1.165, 1.54) is 5.56 Å². The van der Waals surface area contributed by atoms with Crippen LogP contribution in [0, 0.1) is 6.92 Å². The molecule has 1 aromatic heterocycles. The minimum Gasteiger partial charge on any atom is -0.409 e. The SMILES string of the molecule is Cc1cc(/C(N)=N/O)nc(N(C)CCc2ccccc2)n1. The Morgan fingerprint density at radius 2 is 2.00 bits per heavy atom. The van der Waals surface area contributed by atoms with Gasteiger partial charge in [0.25, 0.3) is 0 Å². The van der Waals surface area contributed by atoms with E-state index in [4.69, 9.17) is 10.9 Å². The van der Waals surface area contributed by atoms with Gasteiger partial charge in [-0.25, -0.2) is 9.97 Å². The summed E-state index contributed by atoms with van der Waals surface area (Å²) in [5, 5.41) is 11.7. The fourth-order valence-corrected chi connectivity index (χ4v) is 1.95. The van der Waals surface area contributed by atoms with Crippen molar-refractivity contribution in [3.63, 3.8) is 0 Å². The molecule has 0 saturated heterocycles. The minimum atomic E-state index is -0.0155. The van der Waals surface area contributed by atoms with Crippen LogP contribution in [-0.2, 0) is 6.42 Å². The zero-order chi connectivity index (χ0) is 15.2. The molecule has 0 fully saturated rings. The lowest BCUT2D eigenvalue weighted by molar-refractivity contribution is 0.318. The topological polar surface area (TPSA) is 87.6 Å². The number of likely N-dealkylation sites (N-methyl/N-ethyl adjacent to an activating group) is 1. The van der Waals surface area contributed by atoms with Crippen LogP contribution < -0.4 is 10.6 Å². The number of rotatable bonds is 5. The third kappa shape index (κ3) is 3.92. The van der Waals surface area contributed by atoms with Gasteiger partial charge in [-0.1, -0.05) is 35.5 Å². The van der Waals surface area contributed by atoms with E-state index in [0.717, 1.165) is 18.7 Å². The number of nitrogens with two attached hydrogens (primary N) is 1. The Hall–Kier alpha value is -2.63. The molecule has 0 aliphatic carbocycles. The molecule has 3 N–H and O–H groups in total. The lowest BCUT2D eigenvalue weighted by Gasteiger charge is -2.18. The Bertz CT molecular complexity index is 627. The summed E-state index contributed by atoms with van der Waals surface area (Å²) >= 11 is 0. The molecule has 110 valence electrons. The second kappa shape index (κ2) is 6.69. The number of aryl methyl sites for hydroxylation is 1. The van der Waals surface area contributed by atoms with Crippen molar-refractivity contribution in [2.75, 3.05) is 18.5 Å².